The molecule has 0 atom stereocenters. The molecule has 14 heavy (non-hydrogen) atoms. The van der Waals surface area contributed by atoms with E-state index in [0.717, 1.165) is 20.7 Å². The zero-order valence-corrected chi connectivity index (χ0v) is 9.61. The van der Waals surface area contributed by atoms with E-state index in [1.165, 1.54) is 0 Å². The largest absolute Gasteiger partial charge is 0.493 e. The number of benzene rings is 1. The van der Waals surface area contributed by atoms with E-state index < -0.39 is 0 Å². The minimum Gasteiger partial charge on any atom is -0.493 e. The number of fused-ring (bicyclic) bond motifs is 1. The zero-order valence-electron chi connectivity index (χ0n) is 7.90. The summed E-state index contributed by atoms with van der Waals surface area (Å²) in [6.45, 7) is 0. The second-order valence-electron chi connectivity index (χ2n) is 2.80. The Hall–Kier alpha value is -0.870. The summed E-state index contributed by atoms with van der Waals surface area (Å²) < 4.78 is 11.6. The van der Waals surface area contributed by atoms with Gasteiger partial charge in [0, 0.05) is 0 Å². The molecule has 2 nitrogen and oxygen atoms in total. The lowest BCUT2D eigenvalue weighted by Gasteiger charge is -2.10. The van der Waals surface area contributed by atoms with Crippen molar-refractivity contribution < 1.29 is 9.47 Å². The molecule has 2 rings (SSSR count). The molecule has 0 fully saturated rings. The normalized spacial score (nSPS) is 10.5. The van der Waals surface area contributed by atoms with Gasteiger partial charge in [0.05, 0.1) is 23.8 Å². The van der Waals surface area contributed by atoms with E-state index in [-0.39, 0.29) is 0 Å². The molecule has 0 bridgehead atoms. The van der Waals surface area contributed by atoms with E-state index in [1.54, 1.807) is 25.6 Å². The van der Waals surface area contributed by atoms with Crippen LogP contribution in [-0.2, 0) is 0 Å². The molecule has 2 aromatic rings. The summed E-state index contributed by atoms with van der Waals surface area (Å²) in [4.78, 5) is 0.844. The molecule has 0 N–H and O–H groups in total. The van der Waals surface area contributed by atoms with Crippen LogP contribution in [0.5, 0.6) is 11.5 Å². The van der Waals surface area contributed by atoms with E-state index in [2.05, 4.69) is 12.6 Å². The second kappa shape index (κ2) is 3.71. The fourth-order valence-corrected chi connectivity index (χ4v) is 2.71. The number of thiophene rings is 1. The highest BCUT2D eigenvalue weighted by molar-refractivity contribution is 7.81. The molecular weight excluding hydrogens is 216 g/mol. The molecule has 0 aliphatic heterocycles. The maximum absolute atomic E-state index is 5.25. The average molecular weight is 226 g/mol. The first-order chi connectivity index (χ1) is 6.77. The van der Waals surface area contributed by atoms with Crippen molar-refractivity contribution in [1.29, 1.82) is 0 Å². The summed E-state index contributed by atoms with van der Waals surface area (Å²) in [6.07, 6.45) is 0. The van der Waals surface area contributed by atoms with Gasteiger partial charge in [-0.15, -0.1) is 24.0 Å². The van der Waals surface area contributed by atoms with E-state index in [4.69, 9.17) is 9.47 Å². The predicted octanol–water partition coefficient (Wildman–Crippen LogP) is 3.21. The average Bonchev–Trinajstić information content (AvgIpc) is 2.65. The molecule has 0 unspecified atom stereocenters. The van der Waals surface area contributed by atoms with Gasteiger partial charge in [-0.1, -0.05) is 0 Å². The molecule has 0 amide bonds. The Morgan fingerprint density at radius 3 is 2.71 bits per heavy atom. The van der Waals surface area contributed by atoms with Crippen molar-refractivity contribution in [2.45, 2.75) is 4.90 Å². The molecular formula is C10H10O2S2. The number of ether oxygens (including phenoxy) is 2. The summed E-state index contributed by atoms with van der Waals surface area (Å²) in [5.41, 5.74) is 0. The Balaban J connectivity index is 2.79. The molecule has 0 spiro atoms. The first-order valence-corrected chi connectivity index (χ1v) is 5.41. The summed E-state index contributed by atoms with van der Waals surface area (Å²) >= 11 is 6.09. The zero-order chi connectivity index (χ0) is 10.1. The van der Waals surface area contributed by atoms with Crippen LogP contribution in [-0.4, -0.2) is 14.2 Å². The fraction of sp³-hybridized carbons (Fsp3) is 0.200. The molecule has 0 aliphatic rings. The maximum Gasteiger partial charge on any atom is 0.175 e. The number of thiol groups is 1. The van der Waals surface area contributed by atoms with Crippen molar-refractivity contribution in [3.05, 3.63) is 17.5 Å². The van der Waals surface area contributed by atoms with Crippen LogP contribution in [0.4, 0.5) is 0 Å². The third kappa shape index (κ3) is 1.35. The summed E-state index contributed by atoms with van der Waals surface area (Å²) in [5.74, 6) is 1.43. The Labute approximate surface area is 91.9 Å². The second-order valence-corrected chi connectivity index (χ2v) is 4.16. The van der Waals surface area contributed by atoms with E-state index in [9.17, 15) is 0 Å². The van der Waals surface area contributed by atoms with Gasteiger partial charge in [-0.3, -0.25) is 0 Å². The molecule has 1 heterocycles. The van der Waals surface area contributed by atoms with Crippen LogP contribution < -0.4 is 9.47 Å². The number of methoxy groups -OCH3 is 2. The minimum atomic E-state index is 0.700. The monoisotopic (exact) mass is 226 g/mol. The molecule has 4 heteroatoms. The molecule has 74 valence electrons. The Morgan fingerprint density at radius 2 is 2.07 bits per heavy atom. The van der Waals surface area contributed by atoms with Crippen molar-refractivity contribution in [1.82, 2.24) is 0 Å². The van der Waals surface area contributed by atoms with Gasteiger partial charge < -0.3 is 9.47 Å². The van der Waals surface area contributed by atoms with Crippen LogP contribution in [0.1, 0.15) is 0 Å². The SMILES string of the molecule is COc1cc2ccsc2c(S)c1OC. The topological polar surface area (TPSA) is 18.5 Å². The van der Waals surface area contributed by atoms with E-state index in [0.29, 0.717) is 5.75 Å². The Morgan fingerprint density at radius 1 is 1.29 bits per heavy atom. The molecule has 1 aromatic carbocycles. The summed E-state index contributed by atoms with van der Waals surface area (Å²) in [5, 5.41) is 3.17. The van der Waals surface area contributed by atoms with Gasteiger partial charge in [0.15, 0.2) is 11.5 Å². The molecule has 0 radical (unpaired) electrons. The van der Waals surface area contributed by atoms with Gasteiger partial charge in [0.25, 0.3) is 0 Å². The highest BCUT2D eigenvalue weighted by atomic mass is 32.1. The van der Waals surface area contributed by atoms with Crippen LogP contribution in [0, 0.1) is 0 Å². The van der Waals surface area contributed by atoms with Crippen molar-refractivity contribution in [3.63, 3.8) is 0 Å². The van der Waals surface area contributed by atoms with Gasteiger partial charge in [-0.25, -0.2) is 0 Å². The van der Waals surface area contributed by atoms with Crippen LogP contribution >= 0.6 is 24.0 Å². The Kier molecular flexibility index (Phi) is 2.56. The Bertz CT molecular complexity index is 462. The van der Waals surface area contributed by atoms with Crippen LogP contribution in [0.2, 0.25) is 0 Å². The van der Waals surface area contributed by atoms with Crippen molar-refractivity contribution >= 4 is 34.1 Å². The summed E-state index contributed by atoms with van der Waals surface area (Å²) in [6, 6.07) is 4.01. The molecule has 1 aromatic heterocycles. The first-order valence-electron chi connectivity index (χ1n) is 4.09. The lowest BCUT2D eigenvalue weighted by Crippen LogP contribution is -1.91. The van der Waals surface area contributed by atoms with Crippen molar-refractivity contribution in [2.75, 3.05) is 14.2 Å². The fourth-order valence-electron chi connectivity index (χ4n) is 1.40. The van der Waals surface area contributed by atoms with Crippen LogP contribution in [0.3, 0.4) is 0 Å². The van der Waals surface area contributed by atoms with E-state index in [1.807, 2.05) is 17.5 Å². The molecule has 0 saturated carbocycles. The van der Waals surface area contributed by atoms with Gasteiger partial charge in [-0.2, -0.15) is 0 Å². The minimum absolute atomic E-state index is 0.700. The van der Waals surface area contributed by atoms with Gasteiger partial charge in [0.2, 0.25) is 0 Å². The van der Waals surface area contributed by atoms with Crippen molar-refractivity contribution in [2.24, 2.45) is 0 Å². The number of rotatable bonds is 2. The first kappa shape index (κ1) is 9.68. The lowest BCUT2D eigenvalue weighted by atomic mass is 10.2. The van der Waals surface area contributed by atoms with Gasteiger partial charge in [0.1, 0.15) is 0 Å². The quantitative estimate of drug-likeness (QED) is 0.793. The smallest absolute Gasteiger partial charge is 0.175 e. The van der Waals surface area contributed by atoms with Gasteiger partial charge >= 0.3 is 0 Å². The van der Waals surface area contributed by atoms with Gasteiger partial charge in [-0.05, 0) is 22.9 Å². The third-order valence-corrected chi connectivity index (χ3v) is 3.59. The molecule has 0 aliphatic carbocycles. The summed E-state index contributed by atoms with van der Waals surface area (Å²) in [7, 11) is 3.25. The number of hydrogen-bond acceptors (Lipinski definition) is 4. The van der Waals surface area contributed by atoms with Crippen molar-refractivity contribution in [3.8, 4) is 11.5 Å². The predicted molar refractivity (Wildman–Crippen MR) is 62.2 cm³/mol. The third-order valence-electron chi connectivity index (χ3n) is 2.06. The lowest BCUT2D eigenvalue weighted by molar-refractivity contribution is 0.349. The molecule has 0 saturated heterocycles. The highest BCUT2D eigenvalue weighted by Gasteiger charge is 2.12. The number of hydrogen-bond donors (Lipinski definition) is 1. The van der Waals surface area contributed by atoms with E-state index >= 15 is 0 Å². The van der Waals surface area contributed by atoms with Crippen LogP contribution in [0.15, 0.2) is 22.4 Å². The highest BCUT2D eigenvalue weighted by Crippen LogP contribution is 2.41. The maximum atomic E-state index is 5.25. The standard InChI is InChI=1S/C10H10O2S2/c1-11-7-5-6-3-4-14-10(6)9(13)8(7)12-2/h3-5,13H,1-2H3. The van der Waals surface area contributed by atoms with Crippen LogP contribution in [0.25, 0.3) is 10.1 Å².